The SMILES string of the molecule is C[C@H]1CNCCN1c1ncnc2[nH]cc(C3CC3)c12.[HH]. The predicted molar refractivity (Wildman–Crippen MR) is 77.7 cm³/mol. The number of hydrogen-bond acceptors (Lipinski definition) is 4. The van der Waals surface area contributed by atoms with Crippen molar-refractivity contribution in [1.29, 1.82) is 0 Å². The van der Waals surface area contributed by atoms with Crippen molar-refractivity contribution >= 4 is 16.9 Å². The van der Waals surface area contributed by atoms with Crippen molar-refractivity contribution in [2.24, 2.45) is 0 Å². The smallest absolute Gasteiger partial charge is 0.143 e. The number of anilines is 1. The number of aromatic amines is 1. The molecule has 1 saturated heterocycles. The van der Waals surface area contributed by atoms with Gasteiger partial charge in [0, 0.05) is 33.3 Å². The van der Waals surface area contributed by atoms with Crippen molar-refractivity contribution in [3.63, 3.8) is 0 Å². The van der Waals surface area contributed by atoms with Crippen LogP contribution in [0.5, 0.6) is 0 Å². The number of aromatic nitrogens is 3. The second-order valence-electron chi connectivity index (χ2n) is 5.69. The van der Waals surface area contributed by atoms with E-state index in [-0.39, 0.29) is 1.43 Å². The molecular weight excluding hydrogens is 238 g/mol. The van der Waals surface area contributed by atoms with Gasteiger partial charge in [-0.1, -0.05) is 0 Å². The van der Waals surface area contributed by atoms with Crippen LogP contribution >= 0.6 is 0 Å². The standard InChI is InChI=1S/C14H19N5.H2/c1-9-6-15-4-5-19(9)14-12-11(10-2-3-10)7-16-13(12)17-8-18-14;/h7-10,15H,2-6H2,1H3,(H,16,17,18);1H/t9-;/m0./s1. The highest BCUT2D eigenvalue weighted by molar-refractivity contribution is 5.91. The number of nitrogens with zero attached hydrogens (tertiary/aromatic N) is 3. The third kappa shape index (κ3) is 1.80. The van der Waals surface area contributed by atoms with Crippen LogP contribution in [0.1, 0.15) is 32.7 Å². The fourth-order valence-corrected chi connectivity index (χ4v) is 3.06. The first kappa shape index (κ1) is 11.2. The van der Waals surface area contributed by atoms with Gasteiger partial charge in [0.25, 0.3) is 0 Å². The lowest BCUT2D eigenvalue weighted by Gasteiger charge is -2.35. The zero-order valence-electron chi connectivity index (χ0n) is 11.2. The van der Waals surface area contributed by atoms with Crippen molar-refractivity contribution in [1.82, 2.24) is 20.3 Å². The molecule has 5 heteroatoms. The number of nitrogens with one attached hydrogen (secondary N) is 2. The second-order valence-corrected chi connectivity index (χ2v) is 5.69. The largest absolute Gasteiger partial charge is 0.351 e. The van der Waals surface area contributed by atoms with Gasteiger partial charge in [-0.05, 0) is 31.2 Å². The quantitative estimate of drug-likeness (QED) is 0.864. The number of fused-ring (bicyclic) bond motifs is 1. The van der Waals surface area contributed by atoms with Crippen LogP contribution in [-0.2, 0) is 0 Å². The highest BCUT2D eigenvalue weighted by atomic mass is 15.3. The van der Waals surface area contributed by atoms with E-state index in [0.29, 0.717) is 6.04 Å². The summed E-state index contributed by atoms with van der Waals surface area (Å²) in [5.74, 6) is 1.83. The maximum atomic E-state index is 4.59. The molecule has 2 fully saturated rings. The molecule has 1 aliphatic carbocycles. The molecule has 1 atom stereocenters. The maximum absolute atomic E-state index is 4.59. The average molecular weight is 259 g/mol. The summed E-state index contributed by atoms with van der Waals surface area (Å²) in [6.07, 6.45) is 6.42. The summed E-state index contributed by atoms with van der Waals surface area (Å²) in [5, 5.41) is 4.68. The van der Waals surface area contributed by atoms with Crippen molar-refractivity contribution < 1.29 is 1.43 Å². The summed E-state index contributed by atoms with van der Waals surface area (Å²) in [4.78, 5) is 14.7. The highest BCUT2D eigenvalue weighted by Crippen LogP contribution is 2.44. The summed E-state index contributed by atoms with van der Waals surface area (Å²) >= 11 is 0. The fourth-order valence-electron chi connectivity index (χ4n) is 3.06. The number of hydrogen-bond donors (Lipinski definition) is 2. The van der Waals surface area contributed by atoms with Crippen LogP contribution in [0.2, 0.25) is 0 Å². The van der Waals surface area contributed by atoms with Crippen molar-refractivity contribution in [3.8, 4) is 0 Å². The van der Waals surface area contributed by atoms with Crippen molar-refractivity contribution in [2.75, 3.05) is 24.5 Å². The molecule has 1 aliphatic heterocycles. The third-order valence-electron chi connectivity index (χ3n) is 4.27. The van der Waals surface area contributed by atoms with E-state index >= 15 is 0 Å². The Balaban J connectivity index is 0.00000121. The monoisotopic (exact) mass is 259 g/mol. The van der Waals surface area contributed by atoms with Gasteiger partial charge in [-0.3, -0.25) is 0 Å². The lowest BCUT2D eigenvalue weighted by Crippen LogP contribution is -2.50. The average Bonchev–Trinajstić information content (AvgIpc) is 3.18. The van der Waals surface area contributed by atoms with Crippen LogP contribution in [0.4, 0.5) is 5.82 Å². The summed E-state index contributed by atoms with van der Waals surface area (Å²) in [6, 6.07) is 0.480. The lowest BCUT2D eigenvalue weighted by molar-refractivity contribution is 0.498. The molecule has 2 aromatic heterocycles. The molecule has 0 bridgehead atoms. The molecule has 0 amide bonds. The Hall–Kier alpha value is -1.62. The van der Waals surface area contributed by atoms with Gasteiger partial charge >= 0.3 is 0 Å². The first-order valence-corrected chi connectivity index (χ1v) is 7.14. The number of rotatable bonds is 2. The molecule has 19 heavy (non-hydrogen) atoms. The minimum atomic E-state index is 0. The minimum Gasteiger partial charge on any atom is -0.351 e. The van der Waals surface area contributed by atoms with Crippen LogP contribution < -0.4 is 10.2 Å². The molecule has 5 nitrogen and oxygen atoms in total. The molecule has 1 saturated carbocycles. The molecule has 0 unspecified atom stereocenters. The van der Waals surface area contributed by atoms with E-state index in [0.717, 1.165) is 37.0 Å². The van der Waals surface area contributed by atoms with E-state index in [4.69, 9.17) is 0 Å². The normalized spacial score (nSPS) is 24.1. The second kappa shape index (κ2) is 4.20. The Labute approximate surface area is 113 Å². The number of H-pyrrole nitrogens is 1. The van der Waals surface area contributed by atoms with Crippen LogP contribution in [0, 0.1) is 0 Å². The molecule has 0 aromatic carbocycles. The zero-order valence-corrected chi connectivity index (χ0v) is 11.2. The van der Waals surface area contributed by atoms with E-state index < -0.39 is 0 Å². The van der Waals surface area contributed by atoms with E-state index in [2.05, 4.69) is 38.3 Å². The van der Waals surface area contributed by atoms with Gasteiger partial charge in [-0.15, -0.1) is 0 Å². The van der Waals surface area contributed by atoms with Crippen LogP contribution in [0.15, 0.2) is 12.5 Å². The Bertz CT molecular complexity index is 607. The fraction of sp³-hybridized carbons (Fsp3) is 0.571. The van der Waals surface area contributed by atoms with Gasteiger partial charge in [0.15, 0.2) is 0 Å². The number of piperazine rings is 1. The van der Waals surface area contributed by atoms with Crippen LogP contribution in [0.3, 0.4) is 0 Å². The highest BCUT2D eigenvalue weighted by Gasteiger charge is 2.30. The minimum absolute atomic E-state index is 0. The van der Waals surface area contributed by atoms with E-state index in [1.165, 1.54) is 23.8 Å². The first-order chi connectivity index (χ1) is 9.34. The Morgan fingerprint density at radius 2 is 2.26 bits per heavy atom. The Kier molecular flexibility index (Phi) is 2.48. The summed E-state index contributed by atoms with van der Waals surface area (Å²) in [6.45, 7) is 5.32. The van der Waals surface area contributed by atoms with Crippen LogP contribution in [-0.4, -0.2) is 40.6 Å². The van der Waals surface area contributed by atoms with E-state index in [1.807, 2.05) is 0 Å². The van der Waals surface area contributed by atoms with Gasteiger partial charge in [-0.25, -0.2) is 9.97 Å². The van der Waals surface area contributed by atoms with Crippen LogP contribution in [0.25, 0.3) is 11.0 Å². The van der Waals surface area contributed by atoms with Gasteiger partial charge in [-0.2, -0.15) is 0 Å². The summed E-state index contributed by atoms with van der Waals surface area (Å²) < 4.78 is 0. The maximum Gasteiger partial charge on any atom is 0.143 e. The first-order valence-electron chi connectivity index (χ1n) is 7.14. The molecular formula is C14H21N5. The van der Waals surface area contributed by atoms with E-state index in [1.54, 1.807) is 6.33 Å². The van der Waals surface area contributed by atoms with Gasteiger partial charge in [0.2, 0.25) is 0 Å². The predicted octanol–water partition coefficient (Wildman–Crippen LogP) is 1.88. The molecule has 4 rings (SSSR count). The third-order valence-corrected chi connectivity index (χ3v) is 4.27. The summed E-state index contributed by atoms with van der Waals surface area (Å²) in [7, 11) is 0. The Morgan fingerprint density at radius 1 is 1.37 bits per heavy atom. The molecule has 102 valence electrons. The molecule has 2 N–H and O–H groups in total. The molecule has 3 heterocycles. The zero-order chi connectivity index (χ0) is 12.8. The molecule has 0 spiro atoms. The van der Waals surface area contributed by atoms with Crippen molar-refractivity contribution in [2.45, 2.75) is 31.7 Å². The van der Waals surface area contributed by atoms with Crippen molar-refractivity contribution in [3.05, 3.63) is 18.1 Å². The topological polar surface area (TPSA) is 56.8 Å². The lowest BCUT2D eigenvalue weighted by atomic mass is 10.1. The molecule has 2 aromatic rings. The van der Waals surface area contributed by atoms with E-state index in [9.17, 15) is 0 Å². The summed E-state index contributed by atoms with van der Waals surface area (Å²) in [5.41, 5.74) is 2.40. The van der Waals surface area contributed by atoms with Gasteiger partial charge in [0.05, 0.1) is 5.39 Å². The van der Waals surface area contributed by atoms with Gasteiger partial charge < -0.3 is 15.2 Å². The molecule has 2 aliphatic rings. The molecule has 0 radical (unpaired) electrons. The Morgan fingerprint density at radius 3 is 3.05 bits per heavy atom. The van der Waals surface area contributed by atoms with Gasteiger partial charge in [0.1, 0.15) is 17.8 Å².